The lowest BCUT2D eigenvalue weighted by Crippen LogP contribution is -2.45. The molecule has 2 atom stereocenters. The van der Waals surface area contributed by atoms with E-state index in [1.807, 2.05) is 0 Å². The summed E-state index contributed by atoms with van der Waals surface area (Å²) in [4.78, 5) is 38.4. The summed E-state index contributed by atoms with van der Waals surface area (Å²) in [6, 6.07) is -0.973. The highest BCUT2D eigenvalue weighted by atomic mass is 16.6. The summed E-state index contributed by atoms with van der Waals surface area (Å²) >= 11 is 0. The monoisotopic (exact) mass is 410 g/mol. The minimum Gasteiger partial charge on any atom is -0.460 e. The molecule has 1 rings (SSSR count). The van der Waals surface area contributed by atoms with E-state index in [-0.39, 0.29) is 25.8 Å². The average Bonchev–Trinajstić information content (AvgIpc) is 2.84. The van der Waals surface area contributed by atoms with Gasteiger partial charge in [0.15, 0.2) is 0 Å². The van der Waals surface area contributed by atoms with Crippen LogP contribution in [0.5, 0.6) is 0 Å². The van der Waals surface area contributed by atoms with Crippen LogP contribution in [0.2, 0.25) is 0 Å². The number of aliphatic hydroxyl groups excluding tert-OH is 1. The van der Waals surface area contributed by atoms with Gasteiger partial charge in [-0.15, -0.1) is 0 Å². The number of aliphatic hydroxyl groups is 1. The van der Waals surface area contributed by atoms with Crippen LogP contribution in [0.15, 0.2) is 24.4 Å². The van der Waals surface area contributed by atoms with Gasteiger partial charge in [0.25, 0.3) is 0 Å². The molecule has 0 aromatic rings. The van der Waals surface area contributed by atoms with Gasteiger partial charge in [0.1, 0.15) is 23.5 Å². The van der Waals surface area contributed by atoms with Crippen LogP contribution in [0.1, 0.15) is 60.8 Å². The second-order valence-corrected chi connectivity index (χ2v) is 8.99. The molecule has 0 aliphatic carbocycles. The molecule has 0 aromatic heterocycles. The molecule has 0 saturated heterocycles. The van der Waals surface area contributed by atoms with Crippen molar-refractivity contribution >= 4 is 17.8 Å². The first-order valence-electron chi connectivity index (χ1n) is 9.74. The molecule has 0 saturated carbocycles. The van der Waals surface area contributed by atoms with E-state index < -0.39 is 41.3 Å². The zero-order valence-corrected chi connectivity index (χ0v) is 18.3. The quantitative estimate of drug-likeness (QED) is 0.590. The van der Waals surface area contributed by atoms with Crippen molar-refractivity contribution in [3.63, 3.8) is 0 Å². The predicted molar refractivity (Wildman–Crippen MR) is 108 cm³/mol. The number of allylic oxidation sites excluding steroid dienone is 1. The van der Waals surface area contributed by atoms with Crippen molar-refractivity contribution in [2.45, 2.75) is 84.3 Å². The Kier molecular flexibility index (Phi) is 8.44. The van der Waals surface area contributed by atoms with E-state index in [0.29, 0.717) is 5.70 Å². The molecule has 29 heavy (non-hydrogen) atoms. The summed E-state index contributed by atoms with van der Waals surface area (Å²) in [5.74, 6) is -1.46. The molecule has 2 N–H and O–H groups in total. The van der Waals surface area contributed by atoms with Crippen LogP contribution in [0.25, 0.3) is 0 Å². The normalized spacial score (nSPS) is 17.8. The standard InChI is InChI=1S/C21H34N2O6/c1-14-8-10-17(25)23(14)13-12-16(24)22-15(19(27)29-21(5,6)7)9-11-18(26)28-20(2,3)4/h8,10,15,17,25H,1,9,11-13H2,2-7H3,(H,22,24). The Balaban J connectivity index is 2.67. The minimum absolute atomic E-state index is 0.0347. The van der Waals surface area contributed by atoms with Crippen LogP contribution < -0.4 is 5.32 Å². The highest BCUT2D eigenvalue weighted by Gasteiger charge is 2.29. The van der Waals surface area contributed by atoms with Crippen molar-refractivity contribution in [1.82, 2.24) is 10.2 Å². The van der Waals surface area contributed by atoms with Crippen LogP contribution in [-0.2, 0) is 23.9 Å². The molecule has 1 amide bonds. The van der Waals surface area contributed by atoms with Crippen LogP contribution >= 0.6 is 0 Å². The Hall–Kier alpha value is -2.35. The summed E-state index contributed by atoms with van der Waals surface area (Å²) in [5.41, 5.74) is -0.747. The first-order valence-corrected chi connectivity index (χ1v) is 9.74. The van der Waals surface area contributed by atoms with Gasteiger partial charge in [0, 0.05) is 25.1 Å². The highest BCUT2D eigenvalue weighted by Crippen LogP contribution is 2.17. The molecule has 0 fully saturated rings. The first-order chi connectivity index (χ1) is 13.2. The van der Waals surface area contributed by atoms with Crippen LogP contribution in [-0.4, -0.2) is 57.9 Å². The summed E-state index contributed by atoms with van der Waals surface area (Å²) in [5, 5.41) is 12.5. The first kappa shape index (κ1) is 24.7. The van der Waals surface area contributed by atoms with Gasteiger partial charge in [0.05, 0.1) is 0 Å². The van der Waals surface area contributed by atoms with Crippen LogP contribution in [0.3, 0.4) is 0 Å². The number of esters is 2. The second-order valence-electron chi connectivity index (χ2n) is 8.99. The van der Waals surface area contributed by atoms with Gasteiger partial charge >= 0.3 is 11.9 Å². The minimum atomic E-state index is -0.973. The maximum Gasteiger partial charge on any atom is 0.329 e. The third kappa shape index (κ3) is 9.60. The van der Waals surface area contributed by atoms with Crippen molar-refractivity contribution in [3.8, 4) is 0 Å². The van der Waals surface area contributed by atoms with Crippen molar-refractivity contribution in [2.75, 3.05) is 6.54 Å². The number of carbonyl (C=O) groups excluding carboxylic acids is 3. The molecular formula is C21H34N2O6. The van der Waals surface area contributed by atoms with E-state index in [4.69, 9.17) is 9.47 Å². The molecular weight excluding hydrogens is 376 g/mol. The van der Waals surface area contributed by atoms with E-state index in [2.05, 4.69) is 11.9 Å². The molecule has 0 aromatic carbocycles. The molecule has 164 valence electrons. The van der Waals surface area contributed by atoms with Gasteiger partial charge in [-0.2, -0.15) is 0 Å². The van der Waals surface area contributed by atoms with Crippen molar-refractivity contribution in [1.29, 1.82) is 0 Å². The summed E-state index contributed by atoms with van der Waals surface area (Å²) in [7, 11) is 0. The zero-order chi connectivity index (χ0) is 22.4. The van der Waals surface area contributed by atoms with E-state index in [1.54, 1.807) is 58.6 Å². The van der Waals surface area contributed by atoms with Gasteiger partial charge in [-0.05, 0) is 60.1 Å². The molecule has 0 radical (unpaired) electrons. The third-order valence-electron chi connectivity index (χ3n) is 3.81. The van der Waals surface area contributed by atoms with E-state index in [9.17, 15) is 19.5 Å². The fraction of sp³-hybridized carbons (Fsp3) is 0.667. The molecule has 8 heteroatoms. The Morgan fingerprint density at radius 2 is 1.72 bits per heavy atom. The topological polar surface area (TPSA) is 105 Å². The number of nitrogens with one attached hydrogen (secondary N) is 1. The molecule has 0 bridgehead atoms. The summed E-state index contributed by atoms with van der Waals surface area (Å²) in [6.45, 7) is 14.5. The smallest absolute Gasteiger partial charge is 0.329 e. The number of nitrogens with zero attached hydrogens (tertiary/aromatic N) is 1. The Morgan fingerprint density at radius 1 is 1.14 bits per heavy atom. The lowest BCUT2D eigenvalue weighted by Gasteiger charge is -2.26. The molecule has 0 spiro atoms. The maximum atomic E-state index is 12.5. The number of hydrogen-bond donors (Lipinski definition) is 2. The zero-order valence-electron chi connectivity index (χ0n) is 18.3. The summed E-state index contributed by atoms with van der Waals surface area (Å²) in [6.07, 6.45) is 2.51. The number of carbonyl (C=O) groups is 3. The molecule has 2 unspecified atom stereocenters. The van der Waals surface area contributed by atoms with Crippen molar-refractivity contribution < 1.29 is 29.0 Å². The SMILES string of the molecule is C=C1C=CC(O)N1CCC(=O)NC(CCC(=O)OC(C)(C)C)C(=O)OC(C)(C)C. The number of rotatable bonds is 8. The van der Waals surface area contributed by atoms with Gasteiger partial charge in [0.2, 0.25) is 5.91 Å². The van der Waals surface area contributed by atoms with Crippen molar-refractivity contribution in [3.05, 3.63) is 24.4 Å². The van der Waals surface area contributed by atoms with Crippen LogP contribution in [0, 0.1) is 0 Å². The maximum absolute atomic E-state index is 12.5. The average molecular weight is 411 g/mol. The van der Waals surface area contributed by atoms with E-state index >= 15 is 0 Å². The Morgan fingerprint density at radius 3 is 2.21 bits per heavy atom. The lowest BCUT2D eigenvalue weighted by molar-refractivity contribution is -0.160. The van der Waals surface area contributed by atoms with Gasteiger partial charge in [-0.25, -0.2) is 4.79 Å². The van der Waals surface area contributed by atoms with Gasteiger partial charge < -0.3 is 24.8 Å². The highest BCUT2D eigenvalue weighted by molar-refractivity contribution is 5.85. The van der Waals surface area contributed by atoms with Crippen molar-refractivity contribution in [2.24, 2.45) is 0 Å². The fourth-order valence-electron chi connectivity index (χ4n) is 2.61. The van der Waals surface area contributed by atoms with E-state index in [0.717, 1.165) is 0 Å². The number of amides is 1. The number of hydrogen-bond acceptors (Lipinski definition) is 7. The predicted octanol–water partition coefficient (Wildman–Crippen LogP) is 2.03. The summed E-state index contributed by atoms with van der Waals surface area (Å²) < 4.78 is 10.6. The molecule has 1 heterocycles. The van der Waals surface area contributed by atoms with E-state index in [1.165, 1.54) is 0 Å². The van der Waals surface area contributed by atoms with Gasteiger partial charge in [-0.3, -0.25) is 9.59 Å². The fourth-order valence-corrected chi connectivity index (χ4v) is 2.61. The number of ether oxygens (including phenoxy) is 2. The Labute approximate surface area is 172 Å². The molecule has 1 aliphatic rings. The third-order valence-corrected chi connectivity index (χ3v) is 3.81. The van der Waals surface area contributed by atoms with Crippen LogP contribution in [0.4, 0.5) is 0 Å². The molecule has 1 aliphatic heterocycles. The second kappa shape index (κ2) is 9.91. The van der Waals surface area contributed by atoms with Gasteiger partial charge in [-0.1, -0.05) is 6.58 Å². The Bertz CT molecular complexity index is 657. The largest absolute Gasteiger partial charge is 0.460 e. The lowest BCUT2D eigenvalue weighted by atomic mass is 10.1. The molecule has 8 nitrogen and oxygen atoms in total.